The van der Waals surface area contributed by atoms with Crippen LogP contribution in [0, 0.1) is 25.5 Å². The molecular weight excluding hydrogens is 348 g/mol. The fourth-order valence-corrected chi connectivity index (χ4v) is 3.10. The predicted molar refractivity (Wildman–Crippen MR) is 99.3 cm³/mol. The average molecular weight is 365 g/mol. The van der Waals surface area contributed by atoms with Crippen LogP contribution in [0.2, 0.25) is 0 Å². The Hall–Kier alpha value is -3.35. The lowest BCUT2D eigenvalue weighted by Crippen LogP contribution is -2.05. The number of halogens is 2. The third-order valence-electron chi connectivity index (χ3n) is 4.46. The average Bonchev–Trinajstić information content (AvgIpc) is 3.08. The molecule has 0 radical (unpaired) electrons. The Morgan fingerprint density at radius 3 is 2.48 bits per heavy atom. The second-order valence-electron chi connectivity index (χ2n) is 6.45. The highest BCUT2D eigenvalue weighted by Gasteiger charge is 2.17. The molecule has 5 nitrogen and oxygen atoms in total. The van der Waals surface area contributed by atoms with E-state index >= 15 is 0 Å². The van der Waals surface area contributed by atoms with Crippen LogP contribution in [0.25, 0.3) is 16.9 Å². The molecule has 4 aromatic rings. The minimum atomic E-state index is -0.923. The van der Waals surface area contributed by atoms with Crippen molar-refractivity contribution in [1.82, 2.24) is 19.6 Å². The standard InChI is InChI=1S/C20H17F2N5/c1-11-8-14(10-15(21)17(11)22)18-12(2)27-20(19(23)25-18)24-16(26-27)9-13-6-4-3-5-7-13/h3-8,10H,9H2,1-2H3,(H2,23,25). The summed E-state index contributed by atoms with van der Waals surface area (Å²) >= 11 is 0. The van der Waals surface area contributed by atoms with Gasteiger partial charge in [-0.1, -0.05) is 30.3 Å². The topological polar surface area (TPSA) is 69.1 Å². The number of aromatic nitrogens is 4. The normalized spacial score (nSPS) is 11.3. The first-order chi connectivity index (χ1) is 12.9. The van der Waals surface area contributed by atoms with Crippen LogP contribution in [0.3, 0.4) is 0 Å². The maximum absolute atomic E-state index is 13.8. The van der Waals surface area contributed by atoms with Crippen LogP contribution in [0.5, 0.6) is 0 Å². The molecule has 2 N–H and O–H groups in total. The first kappa shape index (κ1) is 17.1. The van der Waals surface area contributed by atoms with Gasteiger partial charge in [-0.15, -0.1) is 0 Å². The molecule has 0 spiro atoms. The van der Waals surface area contributed by atoms with Gasteiger partial charge < -0.3 is 5.73 Å². The summed E-state index contributed by atoms with van der Waals surface area (Å²) in [5.41, 5.74) is 9.33. The van der Waals surface area contributed by atoms with Crippen LogP contribution in [0.1, 0.15) is 22.6 Å². The summed E-state index contributed by atoms with van der Waals surface area (Å²) in [6, 6.07) is 12.5. The van der Waals surface area contributed by atoms with E-state index < -0.39 is 11.6 Å². The fourth-order valence-electron chi connectivity index (χ4n) is 3.10. The lowest BCUT2D eigenvalue weighted by Gasteiger charge is -2.10. The fraction of sp³-hybridized carbons (Fsp3) is 0.150. The van der Waals surface area contributed by atoms with E-state index in [-0.39, 0.29) is 11.4 Å². The second kappa shape index (κ2) is 6.42. The molecule has 0 unspecified atom stereocenters. The van der Waals surface area contributed by atoms with Gasteiger partial charge in [0.15, 0.2) is 28.9 Å². The van der Waals surface area contributed by atoms with Crippen molar-refractivity contribution >= 4 is 11.5 Å². The molecule has 136 valence electrons. The molecule has 0 fully saturated rings. The number of anilines is 1. The first-order valence-corrected chi connectivity index (χ1v) is 8.45. The quantitative estimate of drug-likeness (QED) is 0.599. The number of rotatable bonds is 3. The summed E-state index contributed by atoms with van der Waals surface area (Å²) in [5, 5.41) is 4.53. The number of hydrogen-bond acceptors (Lipinski definition) is 4. The molecule has 27 heavy (non-hydrogen) atoms. The third kappa shape index (κ3) is 3.01. The van der Waals surface area contributed by atoms with E-state index in [0.29, 0.717) is 34.8 Å². The van der Waals surface area contributed by atoms with E-state index in [0.717, 1.165) is 11.6 Å². The van der Waals surface area contributed by atoms with E-state index in [1.54, 1.807) is 17.5 Å². The molecule has 0 atom stereocenters. The van der Waals surface area contributed by atoms with Crippen molar-refractivity contribution in [3.05, 3.63) is 76.7 Å². The maximum atomic E-state index is 13.8. The molecule has 4 rings (SSSR count). The van der Waals surface area contributed by atoms with Crippen molar-refractivity contribution < 1.29 is 8.78 Å². The van der Waals surface area contributed by atoms with Gasteiger partial charge in [0.1, 0.15) is 0 Å². The molecule has 0 aliphatic carbocycles. The summed E-state index contributed by atoms with van der Waals surface area (Å²) in [6.07, 6.45) is 0.557. The van der Waals surface area contributed by atoms with E-state index in [9.17, 15) is 8.78 Å². The summed E-state index contributed by atoms with van der Waals surface area (Å²) in [4.78, 5) is 8.85. The van der Waals surface area contributed by atoms with Gasteiger partial charge >= 0.3 is 0 Å². The van der Waals surface area contributed by atoms with Crippen LogP contribution in [-0.2, 0) is 6.42 Å². The summed E-state index contributed by atoms with van der Waals surface area (Å²) in [6.45, 7) is 3.30. The van der Waals surface area contributed by atoms with Crippen molar-refractivity contribution in [1.29, 1.82) is 0 Å². The first-order valence-electron chi connectivity index (χ1n) is 8.45. The van der Waals surface area contributed by atoms with Crippen molar-refractivity contribution in [3.63, 3.8) is 0 Å². The zero-order valence-corrected chi connectivity index (χ0v) is 14.9. The van der Waals surface area contributed by atoms with Crippen molar-refractivity contribution in [3.8, 4) is 11.3 Å². The highest BCUT2D eigenvalue weighted by molar-refractivity contribution is 5.70. The summed E-state index contributed by atoms with van der Waals surface area (Å²) in [5.74, 6) is -0.995. The Kier molecular flexibility index (Phi) is 4.07. The number of aryl methyl sites for hydroxylation is 2. The van der Waals surface area contributed by atoms with Crippen LogP contribution in [0.15, 0.2) is 42.5 Å². The summed E-state index contributed by atoms with van der Waals surface area (Å²) < 4.78 is 29.1. The molecule has 0 bridgehead atoms. The molecule has 7 heteroatoms. The van der Waals surface area contributed by atoms with Crippen LogP contribution in [-0.4, -0.2) is 19.6 Å². The molecular formula is C20H17F2N5. The van der Waals surface area contributed by atoms with E-state index in [1.807, 2.05) is 30.3 Å². The Bertz CT molecular complexity index is 1130. The minimum Gasteiger partial charge on any atom is -0.381 e. The van der Waals surface area contributed by atoms with Crippen molar-refractivity contribution in [2.45, 2.75) is 20.3 Å². The van der Waals surface area contributed by atoms with Crippen LogP contribution >= 0.6 is 0 Å². The van der Waals surface area contributed by atoms with Gasteiger partial charge in [-0.25, -0.2) is 23.3 Å². The third-order valence-corrected chi connectivity index (χ3v) is 4.46. The largest absolute Gasteiger partial charge is 0.381 e. The molecule has 2 aromatic carbocycles. The minimum absolute atomic E-state index is 0.185. The van der Waals surface area contributed by atoms with E-state index in [1.165, 1.54) is 6.92 Å². The Morgan fingerprint density at radius 2 is 1.78 bits per heavy atom. The van der Waals surface area contributed by atoms with Gasteiger partial charge in [0.05, 0.1) is 11.4 Å². The number of nitrogens with two attached hydrogens (primary N) is 1. The number of nitrogens with zero attached hydrogens (tertiary/aromatic N) is 4. The van der Waals surface area contributed by atoms with E-state index in [4.69, 9.17) is 5.73 Å². The van der Waals surface area contributed by atoms with Crippen molar-refractivity contribution in [2.24, 2.45) is 0 Å². The predicted octanol–water partition coefficient (Wildman–Crippen LogP) is 3.86. The van der Waals surface area contributed by atoms with Gasteiger partial charge in [-0.05, 0) is 37.1 Å². The van der Waals surface area contributed by atoms with Crippen LogP contribution in [0.4, 0.5) is 14.6 Å². The van der Waals surface area contributed by atoms with Gasteiger partial charge in [-0.3, -0.25) is 0 Å². The molecule has 2 aromatic heterocycles. The van der Waals surface area contributed by atoms with Crippen molar-refractivity contribution in [2.75, 3.05) is 5.73 Å². The number of fused-ring (bicyclic) bond motifs is 1. The summed E-state index contributed by atoms with van der Waals surface area (Å²) in [7, 11) is 0. The number of benzene rings is 2. The molecule has 0 saturated carbocycles. The monoisotopic (exact) mass is 365 g/mol. The lowest BCUT2D eigenvalue weighted by atomic mass is 10.1. The van der Waals surface area contributed by atoms with E-state index in [2.05, 4.69) is 15.1 Å². The van der Waals surface area contributed by atoms with Gasteiger partial charge in [0.25, 0.3) is 0 Å². The second-order valence-corrected chi connectivity index (χ2v) is 6.45. The molecule has 0 aliphatic rings. The highest BCUT2D eigenvalue weighted by atomic mass is 19.2. The van der Waals surface area contributed by atoms with Gasteiger partial charge in [-0.2, -0.15) is 5.10 Å². The molecule has 0 amide bonds. The Labute approximate surface area is 154 Å². The SMILES string of the molecule is Cc1cc(-c2nc(N)c3nc(Cc4ccccc4)nn3c2C)cc(F)c1F. The zero-order chi connectivity index (χ0) is 19.1. The smallest absolute Gasteiger partial charge is 0.198 e. The Morgan fingerprint density at radius 1 is 1.04 bits per heavy atom. The number of nitrogen functional groups attached to an aromatic ring is 1. The molecule has 0 saturated heterocycles. The number of hydrogen-bond donors (Lipinski definition) is 1. The highest BCUT2D eigenvalue weighted by Crippen LogP contribution is 2.27. The van der Waals surface area contributed by atoms with Crippen LogP contribution < -0.4 is 5.73 Å². The van der Waals surface area contributed by atoms with Gasteiger partial charge in [0.2, 0.25) is 0 Å². The molecule has 2 heterocycles. The maximum Gasteiger partial charge on any atom is 0.198 e. The molecule has 0 aliphatic heterocycles. The Balaban J connectivity index is 1.84. The lowest BCUT2D eigenvalue weighted by molar-refractivity contribution is 0.503. The zero-order valence-electron chi connectivity index (χ0n) is 14.9. The van der Waals surface area contributed by atoms with Gasteiger partial charge in [0, 0.05) is 12.0 Å².